The smallest absolute Gasteiger partial charge is 0.222 e. The van der Waals surface area contributed by atoms with Gasteiger partial charge in [-0.05, 0) is 23.4 Å². The number of benzene rings is 2. The van der Waals surface area contributed by atoms with Gasteiger partial charge in [0, 0.05) is 17.2 Å². The van der Waals surface area contributed by atoms with Gasteiger partial charge in [0.05, 0.1) is 24.1 Å². The molecule has 0 bridgehead atoms. The highest BCUT2D eigenvalue weighted by molar-refractivity contribution is 5.95. The Bertz CT molecular complexity index is 1050. The molecule has 1 aliphatic rings. The van der Waals surface area contributed by atoms with E-state index in [4.69, 9.17) is 9.47 Å². The monoisotopic (exact) mass is 364 g/mol. The van der Waals surface area contributed by atoms with Crippen molar-refractivity contribution in [3.05, 3.63) is 57.8 Å². The molecule has 0 spiro atoms. The minimum Gasteiger partial charge on any atom is -0.493 e. The van der Waals surface area contributed by atoms with E-state index >= 15 is 0 Å². The molecule has 6 nitrogen and oxygen atoms in total. The summed E-state index contributed by atoms with van der Waals surface area (Å²) in [6.45, 7) is -0.0851. The summed E-state index contributed by atoms with van der Waals surface area (Å²) in [4.78, 5) is 11.0. The van der Waals surface area contributed by atoms with Gasteiger partial charge in [0.1, 0.15) is 23.2 Å². The molecule has 2 aromatic carbocycles. The molecule has 0 unspecified atom stereocenters. The summed E-state index contributed by atoms with van der Waals surface area (Å²) in [5, 5.41) is 12.6. The first-order chi connectivity index (χ1) is 12.5. The predicted octanol–water partition coefficient (Wildman–Crippen LogP) is 4.08. The number of ether oxygens (including phenoxy) is 2. The predicted molar refractivity (Wildman–Crippen MR) is 84.8 cm³/mol. The van der Waals surface area contributed by atoms with Crippen LogP contribution in [0.1, 0.15) is 11.1 Å². The molecule has 1 aromatic heterocycles. The molecule has 9 heteroatoms. The van der Waals surface area contributed by atoms with E-state index in [0.29, 0.717) is 22.9 Å². The third-order valence-electron chi connectivity index (χ3n) is 4.20. The average Bonchev–Trinajstić information content (AvgIpc) is 2.86. The van der Waals surface area contributed by atoms with E-state index in [1.54, 1.807) is 0 Å². The SMILES string of the molecule is O=Nc1c(O)n(Cc2cc(F)cc3c2OCOC3)c2cc(F)cc(F)c12. The molecule has 2 heterocycles. The number of hydrogen-bond donors (Lipinski definition) is 1. The lowest BCUT2D eigenvalue weighted by Gasteiger charge is -2.21. The summed E-state index contributed by atoms with van der Waals surface area (Å²) in [6.07, 6.45) is 0. The van der Waals surface area contributed by atoms with Gasteiger partial charge in [-0.3, -0.25) is 0 Å². The molecule has 1 aliphatic heterocycles. The zero-order chi connectivity index (χ0) is 18.4. The van der Waals surface area contributed by atoms with Crippen LogP contribution in [-0.2, 0) is 17.9 Å². The molecular weight excluding hydrogens is 353 g/mol. The van der Waals surface area contributed by atoms with Crippen molar-refractivity contribution in [2.45, 2.75) is 13.2 Å². The van der Waals surface area contributed by atoms with Crippen LogP contribution >= 0.6 is 0 Å². The fourth-order valence-electron chi connectivity index (χ4n) is 3.15. The standard InChI is InChI=1S/C17H11F3N2O4/c18-10-1-8(16-9(2-10)6-25-7-26-16)5-22-13-4-11(19)3-12(20)14(13)15(21-24)17(22)23/h1-4,23H,5-7H2. The number of aromatic hydroxyl groups is 1. The van der Waals surface area contributed by atoms with Crippen molar-refractivity contribution in [1.82, 2.24) is 4.57 Å². The second-order valence-corrected chi connectivity index (χ2v) is 5.80. The van der Waals surface area contributed by atoms with Crippen molar-refractivity contribution in [3.63, 3.8) is 0 Å². The second kappa shape index (κ2) is 6.03. The highest BCUT2D eigenvalue weighted by Gasteiger charge is 2.24. The van der Waals surface area contributed by atoms with Crippen LogP contribution in [-0.4, -0.2) is 16.5 Å². The highest BCUT2D eigenvalue weighted by atomic mass is 19.1. The van der Waals surface area contributed by atoms with Crippen molar-refractivity contribution in [1.29, 1.82) is 0 Å². The maximum atomic E-state index is 14.1. The lowest BCUT2D eigenvalue weighted by atomic mass is 10.1. The number of fused-ring (bicyclic) bond motifs is 2. The van der Waals surface area contributed by atoms with E-state index in [-0.39, 0.29) is 30.8 Å². The molecule has 0 saturated carbocycles. The summed E-state index contributed by atoms with van der Waals surface area (Å²) in [5.74, 6) is -2.78. The van der Waals surface area contributed by atoms with Crippen LogP contribution in [0.2, 0.25) is 0 Å². The van der Waals surface area contributed by atoms with Crippen LogP contribution in [0, 0.1) is 22.4 Å². The first kappa shape index (κ1) is 16.4. The Balaban J connectivity index is 1.93. The van der Waals surface area contributed by atoms with E-state index in [1.807, 2.05) is 0 Å². The molecule has 0 aliphatic carbocycles. The van der Waals surface area contributed by atoms with Crippen molar-refractivity contribution in [2.75, 3.05) is 6.79 Å². The van der Waals surface area contributed by atoms with Crippen molar-refractivity contribution >= 4 is 16.6 Å². The lowest BCUT2D eigenvalue weighted by molar-refractivity contribution is -0.0173. The molecule has 1 N–H and O–H groups in total. The van der Waals surface area contributed by atoms with Gasteiger partial charge in [0.2, 0.25) is 5.88 Å². The molecule has 0 fully saturated rings. The molecule has 3 aromatic rings. The zero-order valence-corrected chi connectivity index (χ0v) is 13.1. The third-order valence-corrected chi connectivity index (χ3v) is 4.20. The highest BCUT2D eigenvalue weighted by Crippen LogP contribution is 2.41. The Morgan fingerprint density at radius 3 is 2.69 bits per heavy atom. The Hall–Kier alpha value is -3.07. The Morgan fingerprint density at radius 2 is 1.92 bits per heavy atom. The first-order valence-electron chi connectivity index (χ1n) is 7.55. The summed E-state index contributed by atoms with van der Waals surface area (Å²) in [6, 6.07) is 3.98. The van der Waals surface area contributed by atoms with Crippen molar-refractivity contribution < 1.29 is 27.8 Å². The number of nitroso groups, excluding NO2 is 1. The Morgan fingerprint density at radius 1 is 1.15 bits per heavy atom. The molecule has 4 rings (SSSR count). The molecule has 26 heavy (non-hydrogen) atoms. The van der Waals surface area contributed by atoms with Crippen LogP contribution in [0.3, 0.4) is 0 Å². The van der Waals surface area contributed by atoms with Crippen LogP contribution < -0.4 is 4.74 Å². The van der Waals surface area contributed by atoms with Crippen LogP contribution in [0.5, 0.6) is 11.6 Å². The van der Waals surface area contributed by atoms with E-state index in [1.165, 1.54) is 12.1 Å². The van der Waals surface area contributed by atoms with Gasteiger partial charge in [-0.15, -0.1) is 4.91 Å². The van der Waals surface area contributed by atoms with E-state index in [9.17, 15) is 23.2 Å². The molecule has 0 amide bonds. The fraction of sp³-hybridized carbons (Fsp3) is 0.176. The Labute approximate surface area is 144 Å². The third kappa shape index (κ3) is 2.48. The van der Waals surface area contributed by atoms with Gasteiger partial charge in [-0.2, -0.15) is 0 Å². The number of hydrogen-bond acceptors (Lipinski definition) is 5. The quantitative estimate of drug-likeness (QED) is 0.711. The van der Waals surface area contributed by atoms with Crippen LogP contribution in [0.15, 0.2) is 29.4 Å². The number of aromatic nitrogens is 1. The summed E-state index contributed by atoms with van der Waals surface area (Å²) in [7, 11) is 0. The summed E-state index contributed by atoms with van der Waals surface area (Å²) < 4.78 is 53.2. The summed E-state index contributed by atoms with van der Waals surface area (Å²) >= 11 is 0. The second-order valence-electron chi connectivity index (χ2n) is 5.80. The average molecular weight is 364 g/mol. The van der Waals surface area contributed by atoms with Crippen LogP contribution in [0.25, 0.3) is 10.9 Å². The largest absolute Gasteiger partial charge is 0.493 e. The van der Waals surface area contributed by atoms with Gasteiger partial charge in [-0.25, -0.2) is 13.2 Å². The molecule has 0 saturated heterocycles. The molecule has 134 valence electrons. The zero-order valence-electron chi connectivity index (χ0n) is 13.1. The van der Waals surface area contributed by atoms with Crippen molar-refractivity contribution in [3.8, 4) is 11.6 Å². The first-order valence-corrected chi connectivity index (χ1v) is 7.55. The number of rotatable bonds is 3. The molecular formula is C17H11F3N2O4. The van der Waals surface area contributed by atoms with Gasteiger partial charge in [0.25, 0.3) is 0 Å². The van der Waals surface area contributed by atoms with E-state index in [0.717, 1.165) is 10.6 Å². The van der Waals surface area contributed by atoms with Gasteiger partial charge in [-0.1, -0.05) is 0 Å². The van der Waals surface area contributed by atoms with E-state index < -0.39 is 29.0 Å². The maximum Gasteiger partial charge on any atom is 0.222 e. The molecule has 0 radical (unpaired) electrons. The normalized spacial score (nSPS) is 13.5. The van der Waals surface area contributed by atoms with Crippen LogP contribution in [0.4, 0.5) is 18.9 Å². The minimum atomic E-state index is -1.03. The van der Waals surface area contributed by atoms with Crippen molar-refractivity contribution in [2.24, 2.45) is 5.18 Å². The Kier molecular flexibility index (Phi) is 3.80. The molecule has 0 atom stereocenters. The number of halogens is 3. The van der Waals surface area contributed by atoms with Gasteiger partial charge >= 0.3 is 0 Å². The summed E-state index contributed by atoms with van der Waals surface area (Å²) in [5.41, 5.74) is 0.151. The maximum absolute atomic E-state index is 14.1. The van der Waals surface area contributed by atoms with E-state index in [2.05, 4.69) is 5.18 Å². The minimum absolute atomic E-state index is 0.0333. The fourth-order valence-corrected chi connectivity index (χ4v) is 3.15. The topological polar surface area (TPSA) is 73.0 Å². The number of nitrogens with zero attached hydrogens (tertiary/aromatic N) is 2. The van der Waals surface area contributed by atoms with Gasteiger partial charge < -0.3 is 19.1 Å². The van der Waals surface area contributed by atoms with Gasteiger partial charge in [0.15, 0.2) is 12.5 Å². The lowest BCUT2D eigenvalue weighted by Crippen LogP contribution is -2.14.